The first-order chi connectivity index (χ1) is 9.74. The summed E-state index contributed by atoms with van der Waals surface area (Å²) in [5.41, 5.74) is 0. The van der Waals surface area contributed by atoms with Crippen LogP contribution in [0.1, 0.15) is 53.4 Å². The van der Waals surface area contributed by atoms with E-state index in [1.165, 1.54) is 12.8 Å². The second-order valence-electron chi connectivity index (χ2n) is 5.15. The molecule has 0 aromatic heterocycles. The molecule has 0 saturated carbocycles. The van der Waals surface area contributed by atoms with E-state index in [1.807, 2.05) is 18.7 Å². The third-order valence-electron chi connectivity index (χ3n) is 3.61. The molecule has 0 aromatic rings. The van der Waals surface area contributed by atoms with E-state index in [9.17, 15) is 4.79 Å². The second kappa shape index (κ2) is 13.4. The lowest BCUT2D eigenvalue weighted by molar-refractivity contribution is -0.132. The Morgan fingerprint density at radius 3 is 2.50 bits per heavy atom. The fourth-order valence-electron chi connectivity index (χ4n) is 2.07. The number of hydrogen-bond acceptors (Lipinski definition) is 3. The van der Waals surface area contributed by atoms with Crippen molar-refractivity contribution >= 4 is 5.91 Å². The van der Waals surface area contributed by atoms with Gasteiger partial charge in [0, 0.05) is 32.8 Å². The summed E-state index contributed by atoms with van der Waals surface area (Å²) in [6.45, 7) is 13.4. The van der Waals surface area contributed by atoms with Crippen LogP contribution in [0.15, 0.2) is 0 Å². The molecule has 0 aliphatic carbocycles. The van der Waals surface area contributed by atoms with Gasteiger partial charge in [0.05, 0.1) is 13.0 Å². The quantitative estimate of drug-likeness (QED) is 0.698. The van der Waals surface area contributed by atoms with Crippen LogP contribution in [-0.2, 0) is 9.53 Å². The maximum Gasteiger partial charge on any atom is 0.224 e. The lowest BCUT2D eigenvalue weighted by Crippen LogP contribution is -2.46. The van der Waals surface area contributed by atoms with Gasteiger partial charge in [-0.05, 0) is 18.8 Å². The summed E-state index contributed by atoms with van der Waals surface area (Å²) in [6.07, 6.45) is 4.10. The van der Waals surface area contributed by atoms with Crippen LogP contribution < -0.4 is 5.32 Å². The Morgan fingerprint density at radius 2 is 1.90 bits per heavy atom. The van der Waals surface area contributed by atoms with Crippen LogP contribution in [0.2, 0.25) is 0 Å². The molecule has 0 radical (unpaired) electrons. The van der Waals surface area contributed by atoms with Crippen molar-refractivity contribution < 1.29 is 9.53 Å². The number of piperazine rings is 1. The fraction of sp³-hybridized carbons (Fsp3) is 0.938. The molecule has 120 valence electrons. The number of carbonyl (C=O) groups is 1. The van der Waals surface area contributed by atoms with Gasteiger partial charge in [-0.1, -0.05) is 34.1 Å². The molecule has 0 spiro atoms. The van der Waals surface area contributed by atoms with Crippen LogP contribution in [-0.4, -0.2) is 50.2 Å². The van der Waals surface area contributed by atoms with E-state index in [4.69, 9.17) is 4.74 Å². The minimum absolute atomic E-state index is 0.235. The average molecular weight is 286 g/mol. The Kier molecular flexibility index (Phi) is 13.0. The van der Waals surface area contributed by atoms with Gasteiger partial charge in [0.15, 0.2) is 0 Å². The fourth-order valence-corrected chi connectivity index (χ4v) is 2.07. The molecule has 1 fully saturated rings. The van der Waals surface area contributed by atoms with E-state index in [1.54, 1.807) is 0 Å². The van der Waals surface area contributed by atoms with Gasteiger partial charge in [0.1, 0.15) is 0 Å². The Labute approximate surface area is 125 Å². The lowest BCUT2D eigenvalue weighted by Gasteiger charge is -2.27. The standard InChI is InChI=1S/C14H28N2O2.C2H6/c1-3-13(2)5-4-11-18-12-6-14(17)16-9-7-15-8-10-16;1-2/h13,15H,3-12H2,1-2H3;1-2H3. The van der Waals surface area contributed by atoms with Crippen LogP contribution in [0.4, 0.5) is 0 Å². The smallest absolute Gasteiger partial charge is 0.224 e. The van der Waals surface area contributed by atoms with E-state index in [0.29, 0.717) is 13.0 Å². The van der Waals surface area contributed by atoms with Crippen molar-refractivity contribution in [2.24, 2.45) is 5.92 Å². The van der Waals surface area contributed by atoms with Gasteiger partial charge in [-0.2, -0.15) is 0 Å². The summed E-state index contributed by atoms with van der Waals surface area (Å²) in [6, 6.07) is 0. The van der Waals surface area contributed by atoms with Gasteiger partial charge < -0.3 is 15.0 Å². The molecule has 20 heavy (non-hydrogen) atoms. The van der Waals surface area contributed by atoms with Gasteiger partial charge in [-0.25, -0.2) is 0 Å². The molecular weight excluding hydrogens is 252 g/mol. The Bertz CT molecular complexity index is 229. The van der Waals surface area contributed by atoms with Crippen molar-refractivity contribution in [2.75, 3.05) is 39.4 Å². The molecule has 0 aromatic carbocycles. The van der Waals surface area contributed by atoms with Crippen molar-refractivity contribution in [2.45, 2.75) is 53.4 Å². The maximum absolute atomic E-state index is 11.8. The molecule has 1 unspecified atom stereocenters. The number of hydrogen-bond donors (Lipinski definition) is 1. The van der Waals surface area contributed by atoms with E-state index in [2.05, 4.69) is 19.2 Å². The van der Waals surface area contributed by atoms with Crippen LogP contribution in [0.3, 0.4) is 0 Å². The highest BCUT2D eigenvalue weighted by Crippen LogP contribution is 2.09. The van der Waals surface area contributed by atoms with Gasteiger partial charge in [0.2, 0.25) is 5.91 Å². The molecule has 1 amide bonds. The number of nitrogens with one attached hydrogen (secondary N) is 1. The molecule has 4 heteroatoms. The number of nitrogens with zero attached hydrogens (tertiary/aromatic N) is 1. The van der Waals surface area contributed by atoms with Gasteiger partial charge in [-0.3, -0.25) is 4.79 Å². The molecule has 4 nitrogen and oxygen atoms in total. The lowest BCUT2D eigenvalue weighted by atomic mass is 10.0. The summed E-state index contributed by atoms with van der Waals surface area (Å²) < 4.78 is 5.53. The summed E-state index contributed by atoms with van der Waals surface area (Å²) in [4.78, 5) is 13.7. The summed E-state index contributed by atoms with van der Waals surface area (Å²) in [7, 11) is 0. The second-order valence-corrected chi connectivity index (χ2v) is 5.15. The van der Waals surface area contributed by atoms with Crippen LogP contribution >= 0.6 is 0 Å². The number of ether oxygens (including phenoxy) is 1. The summed E-state index contributed by atoms with van der Waals surface area (Å²) in [5, 5.41) is 3.24. The van der Waals surface area contributed by atoms with E-state index in [0.717, 1.165) is 45.1 Å². The Balaban J connectivity index is 0.00000172. The maximum atomic E-state index is 11.8. The predicted molar refractivity (Wildman–Crippen MR) is 84.9 cm³/mol. The van der Waals surface area contributed by atoms with Gasteiger partial charge >= 0.3 is 0 Å². The topological polar surface area (TPSA) is 41.6 Å². The van der Waals surface area contributed by atoms with E-state index >= 15 is 0 Å². The minimum Gasteiger partial charge on any atom is -0.381 e. The van der Waals surface area contributed by atoms with Crippen LogP contribution in [0, 0.1) is 5.92 Å². The van der Waals surface area contributed by atoms with Crippen LogP contribution in [0.25, 0.3) is 0 Å². The zero-order valence-corrected chi connectivity index (χ0v) is 13.9. The largest absolute Gasteiger partial charge is 0.381 e. The summed E-state index contributed by atoms with van der Waals surface area (Å²) >= 11 is 0. The Morgan fingerprint density at radius 1 is 1.25 bits per heavy atom. The summed E-state index contributed by atoms with van der Waals surface area (Å²) in [5.74, 6) is 1.02. The van der Waals surface area contributed by atoms with Crippen molar-refractivity contribution in [1.82, 2.24) is 10.2 Å². The molecule has 1 aliphatic heterocycles. The van der Waals surface area contributed by atoms with Crippen LogP contribution in [0.5, 0.6) is 0 Å². The SMILES string of the molecule is CC.CCC(C)CCCOCCC(=O)N1CCNCC1. The Hall–Kier alpha value is -0.610. The first-order valence-electron chi connectivity index (χ1n) is 8.30. The molecule has 1 N–H and O–H groups in total. The molecule has 1 saturated heterocycles. The zero-order chi connectivity index (χ0) is 15.2. The average Bonchev–Trinajstić information content (AvgIpc) is 2.53. The number of carbonyl (C=O) groups excluding carboxylic acids is 1. The normalized spacial score (nSPS) is 16.3. The number of amides is 1. The van der Waals surface area contributed by atoms with E-state index in [-0.39, 0.29) is 5.91 Å². The molecule has 1 rings (SSSR count). The molecule has 1 atom stereocenters. The van der Waals surface area contributed by atoms with E-state index < -0.39 is 0 Å². The first kappa shape index (κ1) is 19.4. The molecule has 0 bridgehead atoms. The third kappa shape index (κ3) is 9.32. The number of rotatable bonds is 8. The molecular formula is C16H34N2O2. The third-order valence-corrected chi connectivity index (χ3v) is 3.61. The molecule has 1 heterocycles. The predicted octanol–water partition coefficient (Wildman–Crippen LogP) is 2.68. The highest BCUT2D eigenvalue weighted by molar-refractivity contribution is 5.76. The van der Waals surface area contributed by atoms with Crippen molar-refractivity contribution in [1.29, 1.82) is 0 Å². The zero-order valence-electron chi connectivity index (χ0n) is 13.9. The minimum atomic E-state index is 0.235. The highest BCUT2D eigenvalue weighted by Gasteiger charge is 2.15. The van der Waals surface area contributed by atoms with Crippen molar-refractivity contribution in [3.8, 4) is 0 Å². The van der Waals surface area contributed by atoms with Gasteiger partial charge in [-0.15, -0.1) is 0 Å². The monoisotopic (exact) mass is 286 g/mol. The van der Waals surface area contributed by atoms with Gasteiger partial charge in [0.25, 0.3) is 0 Å². The van der Waals surface area contributed by atoms with Crippen molar-refractivity contribution in [3.63, 3.8) is 0 Å². The first-order valence-corrected chi connectivity index (χ1v) is 8.30. The molecule has 1 aliphatic rings. The van der Waals surface area contributed by atoms with Crippen molar-refractivity contribution in [3.05, 3.63) is 0 Å². The highest BCUT2D eigenvalue weighted by atomic mass is 16.5.